The molecule has 16 heavy (non-hydrogen) atoms. The lowest BCUT2D eigenvalue weighted by molar-refractivity contribution is 0.410. The van der Waals surface area contributed by atoms with Crippen molar-refractivity contribution in [2.24, 2.45) is 5.92 Å². The second-order valence-corrected chi connectivity index (χ2v) is 5.17. The molecule has 1 rings (SSSR count). The molecule has 0 saturated heterocycles. The van der Waals surface area contributed by atoms with Crippen LogP contribution >= 0.6 is 15.9 Å². The minimum atomic E-state index is -0.142. The predicted molar refractivity (Wildman–Crippen MR) is 70.0 cm³/mol. The van der Waals surface area contributed by atoms with Crippen LogP contribution in [0.2, 0.25) is 0 Å². The molecule has 0 spiro atoms. The van der Waals surface area contributed by atoms with Crippen molar-refractivity contribution in [3.05, 3.63) is 34.1 Å². The lowest BCUT2D eigenvalue weighted by Gasteiger charge is -2.20. The second-order valence-electron chi connectivity index (χ2n) is 4.26. The Morgan fingerprint density at radius 2 is 2.12 bits per heavy atom. The van der Waals surface area contributed by atoms with Crippen molar-refractivity contribution in [1.29, 1.82) is 0 Å². The molecule has 0 saturated carbocycles. The molecular formula is C13H19BrFN. The maximum absolute atomic E-state index is 13.8. The number of benzene rings is 1. The summed E-state index contributed by atoms with van der Waals surface area (Å²) in [5, 5.41) is 3.19. The fourth-order valence-corrected chi connectivity index (χ4v) is 2.09. The molecular weight excluding hydrogens is 269 g/mol. The molecule has 1 aromatic rings. The molecule has 0 radical (unpaired) electrons. The van der Waals surface area contributed by atoms with E-state index in [9.17, 15) is 4.39 Å². The van der Waals surface area contributed by atoms with Gasteiger partial charge in [-0.1, -0.05) is 42.3 Å². The van der Waals surface area contributed by atoms with Gasteiger partial charge in [-0.3, -0.25) is 0 Å². The van der Waals surface area contributed by atoms with Gasteiger partial charge in [0.2, 0.25) is 0 Å². The van der Waals surface area contributed by atoms with Crippen LogP contribution in [0.25, 0.3) is 0 Å². The molecule has 2 unspecified atom stereocenters. The van der Waals surface area contributed by atoms with E-state index < -0.39 is 0 Å². The zero-order valence-corrected chi connectivity index (χ0v) is 11.6. The maximum Gasteiger partial charge on any atom is 0.129 e. The van der Waals surface area contributed by atoms with Crippen LogP contribution in [0.15, 0.2) is 22.7 Å². The zero-order valence-electron chi connectivity index (χ0n) is 10.1. The third kappa shape index (κ3) is 3.56. The van der Waals surface area contributed by atoms with Gasteiger partial charge in [-0.2, -0.15) is 0 Å². The summed E-state index contributed by atoms with van der Waals surface area (Å²) in [7, 11) is 1.88. The van der Waals surface area contributed by atoms with Gasteiger partial charge in [0.05, 0.1) is 0 Å². The minimum Gasteiger partial charge on any atom is -0.313 e. The molecule has 1 nitrogen and oxygen atoms in total. The van der Waals surface area contributed by atoms with Crippen LogP contribution < -0.4 is 5.32 Å². The van der Waals surface area contributed by atoms with Crippen LogP contribution in [0.4, 0.5) is 4.39 Å². The lowest BCUT2D eigenvalue weighted by Crippen LogP contribution is -2.20. The lowest BCUT2D eigenvalue weighted by atomic mass is 9.94. The van der Waals surface area contributed by atoms with Crippen LogP contribution in [-0.2, 0) is 0 Å². The number of hydrogen-bond donors (Lipinski definition) is 1. The molecule has 0 aliphatic rings. The van der Waals surface area contributed by atoms with Crippen LogP contribution in [-0.4, -0.2) is 7.05 Å². The van der Waals surface area contributed by atoms with Gasteiger partial charge in [-0.15, -0.1) is 0 Å². The molecule has 0 aromatic heterocycles. The standard InChI is InChI=1S/C13H19BrFN/c1-4-9(2)7-13(16-3)11-6-5-10(14)8-12(11)15/h5-6,8-9,13,16H,4,7H2,1-3H3. The van der Waals surface area contributed by atoms with Crippen molar-refractivity contribution >= 4 is 15.9 Å². The normalized spacial score (nSPS) is 14.8. The average Bonchev–Trinajstić information content (AvgIpc) is 2.26. The summed E-state index contributed by atoms with van der Waals surface area (Å²) in [5.41, 5.74) is 0.756. The fraction of sp³-hybridized carbons (Fsp3) is 0.538. The minimum absolute atomic E-state index is 0.100. The number of nitrogens with one attached hydrogen (secondary N) is 1. The molecule has 0 aliphatic heterocycles. The first-order valence-electron chi connectivity index (χ1n) is 5.70. The van der Waals surface area contributed by atoms with E-state index in [0.29, 0.717) is 5.92 Å². The third-order valence-corrected chi connectivity index (χ3v) is 3.51. The van der Waals surface area contributed by atoms with Crippen LogP contribution in [0, 0.1) is 11.7 Å². The maximum atomic E-state index is 13.8. The van der Waals surface area contributed by atoms with Crippen molar-refractivity contribution in [3.63, 3.8) is 0 Å². The molecule has 0 amide bonds. The highest BCUT2D eigenvalue weighted by molar-refractivity contribution is 9.10. The summed E-state index contributed by atoms with van der Waals surface area (Å²) in [5.74, 6) is 0.456. The SMILES string of the molecule is CCC(C)CC(NC)c1ccc(Br)cc1F. The molecule has 90 valence electrons. The van der Waals surface area contributed by atoms with Gasteiger partial charge in [0.25, 0.3) is 0 Å². The van der Waals surface area contributed by atoms with Gasteiger partial charge in [-0.25, -0.2) is 4.39 Å². The van der Waals surface area contributed by atoms with Gasteiger partial charge < -0.3 is 5.32 Å². The van der Waals surface area contributed by atoms with Crippen LogP contribution in [0.1, 0.15) is 38.3 Å². The summed E-state index contributed by atoms with van der Waals surface area (Å²) in [6, 6.07) is 5.36. The van der Waals surface area contributed by atoms with E-state index in [1.54, 1.807) is 0 Å². The summed E-state index contributed by atoms with van der Waals surface area (Å²) in [4.78, 5) is 0. The molecule has 2 atom stereocenters. The van der Waals surface area contributed by atoms with E-state index >= 15 is 0 Å². The smallest absolute Gasteiger partial charge is 0.129 e. The van der Waals surface area contributed by atoms with Crippen molar-refractivity contribution in [3.8, 4) is 0 Å². The van der Waals surface area contributed by atoms with Crippen LogP contribution in [0.3, 0.4) is 0 Å². The van der Waals surface area contributed by atoms with Crippen LogP contribution in [0.5, 0.6) is 0 Å². The first kappa shape index (κ1) is 13.7. The van der Waals surface area contributed by atoms with E-state index in [-0.39, 0.29) is 11.9 Å². The van der Waals surface area contributed by atoms with E-state index in [4.69, 9.17) is 0 Å². The van der Waals surface area contributed by atoms with Crippen molar-refractivity contribution in [1.82, 2.24) is 5.32 Å². The van der Waals surface area contributed by atoms with Crippen molar-refractivity contribution in [2.45, 2.75) is 32.7 Å². The highest BCUT2D eigenvalue weighted by Gasteiger charge is 2.16. The Kier molecular flexibility index (Phi) is 5.42. The Bertz CT molecular complexity index is 341. The summed E-state index contributed by atoms with van der Waals surface area (Å²) < 4.78 is 14.6. The Balaban J connectivity index is 2.86. The summed E-state index contributed by atoms with van der Waals surface area (Å²) in [6.45, 7) is 4.36. The van der Waals surface area contributed by atoms with Gasteiger partial charge in [0.15, 0.2) is 0 Å². The van der Waals surface area contributed by atoms with E-state index in [2.05, 4.69) is 35.1 Å². The van der Waals surface area contributed by atoms with Crippen molar-refractivity contribution in [2.75, 3.05) is 7.05 Å². The summed E-state index contributed by atoms with van der Waals surface area (Å²) >= 11 is 3.27. The molecule has 0 fully saturated rings. The summed E-state index contributed by atoms with van der Waals surface area (Å²) in [6.07, 6.45) is 2.09. The van der Waals surface area contributed by atoms with Gasteiger partial charge in [-0.05, 0) is 31.5 Å². The van der Waals surface area contributed by atoms with Gasteiger partial charge >= 0.3 is 0 Å². The zero-order chi connectivity index (χ0) is 12.1. The molecule has 3 heteroatoms. The second kappa shape index (κ2) is 6.36. The highest BCUT2D eigenvalue weighted by atomic mass is 79.9. The van der Waals surface area contributed by atoms with E-state index in [1.807, 2.05) is 19.2 Å². The highest BCUT2D eigenvalue weighted by Crippen LogP contribution is 2.26. The number of hydrogen-bond acceptors (Lipinski definition) is 1. The largest absolute Gasteiger partial charge is 0.313 e. The topological polar surface area (TPSA) is 12.0 Å². The third-order valence-electron chi connectivity index (χ3n) is 3.02. The van der Waals surface area contributed by atoms with E-state index in [0.717, 1.165) is 22.9 Å². The Hall–Kier alpha value is -0.410. The van der Waals surface area contributed by atoms with E-state index in [1.165, 1.54) is 6.07 Å². The molecule has 1 aromatic carbocycles. The Morgan fingerprint density at radius 3 is 2.62 bits per heavy atom. The first-order valence-corrected chi connectivity index (χ1v) is 6.50. The number of halogens is 2. The molecule has 0 aliphatic carbocycles. The van der Waals surface area contributed by atoms with Gasteiger partial charge in [0.1, 0.15) is 5.82 Å². The Morgan fingerprint density at radius 1 is 1.44 bits per heavy atom. The monoisotopic (exact) mass is 287 g/mol. The first-order chi connectivity index (χ1) is 7.58. The average molecular weight is 288 g/mol. The molecule has 1 N–H and O–H groups in total. The quantitative estimate of drug-likeness (QED) is 0.852. The fourth-order valence-electron chi connectivity index (χ4n) is 1.75. The molecule has 0 bridgehead atoms. The van der Waals surface area contributed by atoms with Gasteiger partial charge in [0, 0.05) is 16.1 Å². The predicted octanol–water partition coefficient (Wildman–Crippen LogP) is 4.28. The number of rotatable bonds is 5. The Labute approximate surface area is 106 Å². The molecule has 0 heterocycles. The van der Waals surface area contributed by atoms with Crippen molar-refractivity contribution < 1.29 is 4.39 Å².